The minimum atomic E-state index is -4.42. The zero-order valence-corrected chi connectivity index (χ0v) is 12.9. The Balaban J connectivity index is 2.53. The molecule has 22 heavy (non-hydrogen) atoms. The number of benzene rings is 1. The summed E-state index contributed by atoms with van der Waals surface area (Å²) in [7, 11) is 0. The van der Waals surface area contributed by atoms with E-state index in [4.69, 9.17) is 4.74 Å². The minimum absolute atomic E-state index is 0.138. The molecule has 2 nitrogen and oxygen atoms in total. The molecule has 1 aromatic rings. The van der Waals surface area contributed by atoms with Crippen LogP contribution in [0.1, 0.15) is 43.9 Å². The van der Waals surface area contributed by atoms with Gasteiger partial charge in [0.05, 0.1) is 5.56 Å². The number of hydrogen-bond donors (Lipinski definition) is 0. The summed E-state index contributed by atoms with van der Waals surface area (Å²) in [5.41, 5.74) is -0.236. The maximum Gasteiger partial charge on any atom is 0.416 e. The number of ether oxygens (including phenoxy) is 1. The van der Waals surface area contributed by atoms with Gasteiger partial charge in [-0.2, -0.15) is 13.2 Å². The molecule has 0 amide bonds. The number of halogens is 3. The van der Waals surface area contributed by atoms with Crippen LogP contribution in [0.25, 0.3) is 0 Å². The highest BCUT2D eigenvalue weighted by atomic mass is 19.4. The van der Waals surface area contributed by atoms with Crippen LogP contribution in [0, 0.1) is 5.92 Å². The first-order valence-corrected chi connectivity index (χ1v) is 7.17. The van der Waals surface area contributed by atoms with E-state index in [9.17, 15) is 18.0 Å². The Morgan fingerprint density at radius 2 is 2.00 bits per heavy atom. The molecule has 1 aliphatic rings. The van der Waals surface area contributed by atoms with E-state index in [1.807, 2.05) is 13.8 Å². The summed E-state index contributed by atoms with van der Waals surface area (Å²) in [5.74, 6) is -0.709. The van der Waals surface area contributed by atoms with E-state index in [2.05, 4.69) is 6.58 Å². The van der Waals surface area contributed by atoms with Crippen molar-refractivity contribution in [2.24, 2.45) is 5.92 Å². The van der Waals surface area contributed by atoms with Gasteiger partial charge >= 0.3 is 12.1 Å². The smallest absolute Gasteiger partial charge is 0.416 e. The lowest BCUT2D eigenvalue weighted by Crippen LogP contribution is -2.36. The van der Waals surface area contributed by atoms with Crippen molar-refractivity contribution in [3.8, 4) is 0 Å². The topological polar surface area (TPSA) is 26.3 Å². The van der Waals surface area contributed by atoms with Crippen molar-refractivity contribution in [3.05, 3.63) is 47.0 Å². The molecule has 1 unspecified atom stereocenters. The van der Waals surface area contributed by atoms with E-state index in [1.165, 1.54) is 13.0 Å². The van der Waals surface area contributed by atoms with Crippen LogP contribution in [0.4, 0.5) is 13.2 Å². The van der Waals surface area contributed by atoms with Crippen LogP contribution in [0.3, 0.4) is 0 Å². The van der Waals surface area contributed by atoms with Crippen LogP contribution < -0.4 is 0 Å². The second kappa shape index (κ2) is 5.45. The fourth-order valence-corrected chi connectivity index (χ4v) is 2.90. The summed E-state index contributed by atoms with van der Waals surface area (Å²) in [6.07, 6.45) is -3.34. The predicted octanol–water partition coefficient (Wildman–Crippen LogP) is 4.62. The average molecular weight is 312 g/mol. The lowest BCUT2D eigenvalue weighted by molar-refractivity contribution is -0.161. The fraction of sp³-hybridized carbons (Fsp3) is 0.471. The molecule has 0 aromatic heterocycles. The lowest BCUT2D eigenvalue weighted by Gasteiger charge is -2.34. The number of alkyl halides is 3. The number of esters is 1. The Hall–Kier alpha value is -1.78. The molecule has 0 N–H and O–H groups in total. The average Bonchev–Trinajstić information content (AvgIpc) is 2.77. The number of fused-ring (bicyclic) bond motifs is 1. The maximum atomic E-state index is 13.0. The van der Waals surface area contributed by atoms with Gasteiger partial charge in [-0.05, 0) is 48.9 Å². The summed E-state index contributed by atoms with van der Waals surface area (Å²) in [4.78, 5) is 12.0. The Bertz CT molecular complexity index is 617. The molecular weight excluding hydrogens is 293 g/mol. The van der Waals surface area contributed by atoms with Crippen LogP contribution in [0.5, 0.6) is 0 Å². The fourth-order valence-electron chi connectivity index (χ4n) is 2.90. The van der Waals surface area contributed by atoms with E-state index >= 15 is 0 Å². The largest absolute Gasteiger partial charge is 0.451 e. The molecular formula is C17H19F3O2. The molecule has 0 aliphatic heterocycles. The van der Waals surface area contributed by atoms with Crippen LogP contribution in [-0.2, 0) is 27.7 Å². The molecule has 1 aromatic carbocycles. The van der Waals surface area contributed by atoms with E-state index in [-0.39, 0.29) is 11.5 Å². The zero-order valence-electron chi connectivity index (χ0n) is 12.9. The van der Waals surface area contributed by atoms with Crippen LogP contribution >= 0.6 is 0 Å². The van der Waals surface area contributed by atoms with Gasteiger partial charge in [-0.3, -0.25) is 0 Å². The highest BCUT2D eigenvalue weighted by Gasteiger charge is 2.46. The minimum Gasteiger partial charge on any atom is -0.451 e. The summed E-state index contributed by atoms with van der Waals surface area (Å²) >= 11 is 0. The van der Waals surface area contributed by atoms with Crippen molar-refractivity contribution in [1.82, 2.24) is 0 Å². The van der Waals surface area contributed by atoms with Crippen molar-refractivity contribution in [2.45, 2.75) is 45.4 Å². The monoisotopic (exact) mass is 312 g/mol. The number of hydrogen-bond acceptors (Lipinski definition) is 2. The maximum absolute atomic E-state index is 13.0. The number of carbonyl (C=O) groups excluding carboxylic acids is 1. The molecule has 5 heteroatoms. The normalized spacial score (nSPS) is 20.9. The summed E-state index contributed by atoms with van der Waals surface area (Å²) in [6, 6.07) is 3.68. The van der Waals surface area contributed by atoms with Gasteiger partial charge < -0.3 is 4.74 Å². The van der Waals surface area contributed by atoms with E-state index in [1.54, 1.807) is 0 Å². The lowest BCUT2D eigenvalue weighted by atomic mass is 9.83. The molecule has 0 fully saturated rings. The van der Waals surface area contributed by atoms with Gasteiger partial charge in [0.2, 0.25) is 0 Å². The van der Waals surface area contributed by atoms with Crippen molar-refractivity contribution in [3.63, 3.8) is 0 Å². The molecule has 0 heterocycles. The van der Waals surface area contributed by atoms with E-state index < -0.39 is 23.3 Å². The molecule has 0 bridgehead atoms. The highest BCUT2D eigenvalue weighted by molar-refractivity contribution is 5.87. The van der Waals surface area contributed by atoms with Crippen LogP contribution in [0.15, 0.2) is 30.4 Å². The molecule has 2 rings (SSSR count). The van der Waals surface area contributed by atoms with E-state index in [0.717, 1.165) is 17.7 Å². The molecule has 1 aliphatic carbocycles. The first-order chi connectivity index (χ1) is 10.1. The first-order valence-electron chi connectivity index (χ1n) is 7.17. The summed E-state index contributed by atoms with van der Waals surface area (Å²) < 4.78 is 44.5. The second-order valence-electron chi connectivity index (χ2n) is 6.08. The molecule has 0 spiro atoms. The van der Waals surface area contributed by atoms with Crippen molar-refractivity contribution >= 4 is 5.97 Å². The Morgan fingerprint density at radius 1 is 1.36 bits per heavy atom. The third kappa shape index (κ3) is 2.76. The summed E-state index contributed by atoms with van der Waals surface area (Å²) in [5, 5.41) is 0. The SMILES string of the molecule is C=C(C)C(=O)OC1(C(C)C)CCc2ccc(C(F)(F)F)cc21. The third-order valence-corrected chi connectivity index (χ3v) is 4.21. The number of aryl methyl sites for hydroxylation is 1. The van der Waals surface area contributed by atoms with E-state index in [0.29, 0.717) is 18.4 Å². The Labute approximate surface area is 128 Å². The number of rotatable bonds is 3. The van der Waals surface area contributed by atoms with Gasteiger partial charge in [-0.15, -0.1) is 0 Å². The van der Waals surface area contributed by atoms with Crippen molar-refractivity contribution in [1.29, 1.82) is 0 Å². The van der Waals surface area contributed by atoms with Gasteiger partial charge in [0.25, 0.3) is 0 Å². The van der Waals surface area contributed by atoms with Crippen molar-refractivity contribution < 1.29 is 22.7 Å². The molecule has 1 atom stereocenters. The standard InChI is InChI=1S/C17H19F3O2/c1-10(2)15(21)22-16(11(3)4)8-7-12-5-6-13(9-14(12)16)17(18,19)20/h5-6,9,11H,1,7-8H2,2-4H3. The molecule has 0 saturated heterocycles. The van der Waals surface area contributed by atoms with Crippen LogP contribution in [-0.4, -0.2) is 5.97 Å². The van der Waals surface area contributed by atoms with Gasteiger partial charge in [0, 0.05) is 5.57 Å². The number of carbonyl (C=O) groups is 1. The van der Waals surface area contributed by atoms with Gasteiger partial charge in [-0.25, -0.2) is 4.79 Å². The Kier molecular flexibility index (Phi) is 4.11. The van der Waals surface area contributed by atoms with Gasteiger partial charge in [-0.1, -0.05) is 26.5 Å². The Morgan fingerprint density at radius 3 is 2.50 bits per heavy atom. The highest BCUT2D eigenvalue weighted by Crippen LogP contribution is 2.47. The van der Waals surface area contributed by atoms with Gasteiger partial charge in [0.15, 0.2) is 0 Å². The van der Waals surface area contributed by atoms with Crippen LogP contribution in [0.2, 0.25) is 0 Å². The summed E-state index contributed by atoms with van der Waals surface area (Å²) in [6.45, 7) is 8.77. The van der Waals surface area contributed by atoms with Gasteiger partial charge in [0.1, 0.15) is 5.60 Å². The quantitative estimate of drug-likeness (QED) is 0.601. The molecule has 0 saturated carbocycles. The third-order valence-electron chi connectivity index (χ3n) is 4.21. The predicted molar refractivity (Wildman–Crippen MR) is 77.2 cm³/mol. The second-order valence-corrected chi connectivity index (χ2v) is 6.08. The van der Waals surface area contributed by atoms with Crippen molar-refractivity contribution in [2.75, 3.05) is 0 Å². The first kappa shape index (κ1) is 16.6. The molecule has 0 radical (unpaired) electrons. The molecule has 120 valence electrons. The zero-order chi connectivity index (χ0) is 16.7.